The predicted molar refractivity (Wildman–Crippen MR) is 66.6 cm³/mol. The molecule has 1 amide bonds. The summed E-state index contributed by atoms with van der Waals surface area (Å²) in [6, 6.07) is 8.32. The first-order chi connectivity index (χ1) is 8.29. The summed E-state index contributed by atoms with van der Waals surface area (Å²) in [5, 5.41) is 2.92. The normalized spacial score (nSPS) is 18.5. The molecule has 1 unspecified atom stereocenters. The van der Waals surface area contributed by atoms with Crippen LogP contribution in [0.5, 0.6) is 0 Å². The number of benzene rings is 1. The number of rotatable bonds is 4. The first-order valence-corrected chi connectivity index (χ1v) is 6.24. The lowest BCUT2D eigenvalue weighted by atomic mass is 9.99. The van der Waals surface area contributed by atoms with Gasteiger partial charge in [0.1, 0.15) is 0 Å². The molecule has 3 nitrogen and oxygen atoms in total. The minimum absolute atomic E-state index is 0.116. The molecule has 1 aromatic rings. The molecule has 1 aliphatic heterocycles. The number of carbonyl (C=O) groups excluding carboxylic acids is 1. The van der Waals surface area contributed by atoms with Gasteiger partial charge in [0.15, 0.2) is 0 Å². The fourth-order valence-electron chi connectivity index (χ4n) is 2.08. The molecule has 0 aromatic heterocycles. The van der Waals surface area contributed by atoms with Crippen LogP contribution in [0.15, 0.2) is 24.3 Å². The van der Waals surface area contributed by atoms with Gasteiger partial charge in [-0.25, -0.2) is 0 Å². The Morgan fingerprint density at radius 3 is 2.94 bits per heavy atom. The van der Waals surface area contributed by atoms with Crippen LogP contribution in [-0.2, 0) is 22.6 Å². The molecule has 0 spiro atoms. The highest BCUT2D eigenvalue weighted by molar-refractivity contribution is 5.75. The molecule has 1 N–H and O–H groups in total. The lowest BCUT2D eigenvalue weighted by molar-refractivity contribution is -0.121. The fraction of sp³-hybridized carbons (Fsp3) is 0.500. The first kappa shape index (κ1) is 12.1. The number of carbonyl (C=O) groups is 1. The molecule has 3 heteroatoms. The highest BCUT2D eigenvalue weighted by Gasteiger charge is 2.18. The smallest absolute Gasteiger partial charge is 0.220 e. The average Bonchev–Trinajstić information content (AvgIpc) is 2.36. The standard InChI is InChI=1S/C14H19NO2/c1-2-5-14(16)15-9-13-8-11-6-3-4-7-12(11)10-17-13/h3-4,6-7,13H,2,5,8-10H2,1H3,(H,15,16). The maximum atomic E-state index is 11.4. The Bertz CT molecular complexity index is 390. The van der Waals surface area contributed by atoms with E-state index in [-0.39, 0.29) is 12.0 Å². The van der Waals surface area contributed by atoms with Crippen molar-refractivity contribution in [3.63, 3.8) is 0 Å². The van der Waals surface area contributed by atoms with Crippen molar-refractivity contribution in [3.05, 3.63) is 35.4 Å². The second-order valence-electron chi connectivity index (χ2n) is 4.46. The van der Waals surface area contributed by atoms with Gasteiger partial charge in [-0.15, -0.1) is 0 Å². The summed E-state index contributed by atoms with van der Waals surface area (Å²) >= 11 is 0. The average molecular weight is 233 g/mol. The number of ether oxygens (including phenoxy) is 1. The number of hydrogen-bond donors (Lipinski definition) is 1. The maximum absolute atomic E-state index is 11.4. The van der Waals surface area contributed by atoms with Crippen LogP contribution in [-0.4, -0.2) is 18.6 Å². The summed E-state index contributed by atoms with van der Waals surface area (Å²) in [7, 11) is 0. The molecular formula is C14H19NO2. The van der Waals surface area contributed by atoms with E-state index < -0.39 is 0 Å². The van der Waals surface area contributed by atoms with Gasteiger partial charge in [0.2, 0.25) is 5.91 Å². The van der Waals surface area contributed by atoms with E-state index in [0.29, 0.717) is 19.6 Å². The molecule has 92 valence electrons. The number of nitrogens with one attached hydrogen (secondary N) is 1. The molecule has 0 saturated heterocycles. The van der Waals surface area contributed by atoms with Gasteiger partial charge in [-0.05, 0) is 17.5 Å². The lowest BCUT2D eigenvalue weighted by Crippen LogP contribution is -2.36. The molecule has 0 aliphatic carbocycles. The van der Waals surface area contributed by atoms with Gasteiger partial charge in [-0.2, -0.15) is 0 Å². The Hall–Kier alpha value is -1.35. The number of hydrogen-bond acceptors (Lipinski definition) is 2. The van der Waals surface area contributed by atoms with Crippen molar-refractivity contribution >= 4 is 5.91 Å². The molecule has 0 radical (unpaired) electrons. The molecule has 0 fully saturated rings. The molecule has 17 heavy (non-hydrogen) atoms. The molecule has 0 bridgehead atoms. The maximum Gasteiger partial charge on any atom is 0.220 e. The zero-order valence-electron chi connectivity index (χ0n) is 10.2. The summed E-state index contributed by atoms with van der Waals surface area (Å²) in [5.41, 5.74) is 2.61. The van der Waals surface area contributed by atoms with Crippen LogP contribution in [0.3, 0.4) is 0 Å². The van der Waals surface area contributed by atoms with Gasteiger partial charge in [0.05, 0.1) is 12.7 Å². The van der Waals surface area contributed by atoms with Gasteiger partial charge in [0, 0.05) is 19.4 Å². The van der Waals surface area contributed by atoms with Gasteiger partial charge in [-0.1, -0.05) is 31.2 Å². The van der Waals surface area contributed by atoms with Crippen LogP contribution in [0, 0.1) is 0 Å². The SMILES string of the molecule is CCCC(=O)NCC1Cc2ccccc2CO1. The van der Waals surface area contributed by atoms with Crippen LogP contribution in [0.1, 0.15) is 30.9 Å². The Morgan fingerprint density at radius 1 is 1.41 bits per heavy atom. The van der Waals surface area contributed by atoms with Crippen LogP contribution in [0.25, 0.3) is 0 Å². The van der Waals surface area contributed by atoms with E-state index in [1.807, 2.05) is 13.0 Å². The van der Waals surface area contributed by atoms with E-state index in [2.05, 4.69) is 23.5 Å². The van der Waals surface area contributed by atoms with E-state index in [0.717, 1.165) is 12.8 Å². The molecule has 1 aromatic carbocycles. The number of amides is 1. The summed E-state index contributed by atoms with van der Waals surface area (Å²) < 4.78 is 5.72. The molecule has 1 heterocycles. The first-order valence-electron chi connectivity index (χ1n) is 6.24. The van der Waals surface area contributed by atoms with Crippen LogP contribution >= 0.6 is 0 Å². The molecule has 1 aliphatic rings. The fourth-order valence-corrected chi connectivity index (χ4v) is 2.08. The minimum Gasteiger partial charge on any atom is -0.371 e. The van der Waals surface area contributed by atoms with Crippen LogP contribution in [0.4, 0.5) is 0 Å². The van der Waals surface area contributed by atoms with Crippen molar-refractivity contribution in [2.45, 2.75) is 38.9 Å². The van der Waals surface area contributed by atoms with E-state index >= 15 is 0 Å². The van der Waals surface area contributed by atoms with E-state index in [9.17, 15) is 4.79 Å². The summed E-state index contributed by atoms with van der Waals surface area (Å²) in [6.45, 7) is 3.28. The minimum atomic E-state index is 0.116. The summed E-state index contributed by atoms with van der Waals surface area (Å²) in [6.07, 6.45) is 2.50. The van der Waals surface area contributed by atoms with Gasteiger partial charge in [-0.3, -0.25) is 4.79 Å². The van der Waals surface area contributed by atoms with E-state index in [1.54, 1.807) is 0 Å². The van der Waals surface area contributed by atoms with Crippen molar-refractivity contribution in [1.29, 1.82) is 0 Å². The highest BCUT2D eigenvalue weighted by Crippen LogP contribution is 2.19. The Kier molecular flexibility index (Phi) is 4.15. The van der Waals surface area contributed by atoms with Crippen molar-refractivity contribution in [3.8, 4) is 0 Å². The molecule has 0 saturated carbocycles. The van der Waals surface area contributed by atoms with Crippen LogP contribution in [0.2, 0.25) is 0 Å². The van der Waals surface area contributed by atoms with Crippen LogP contribution < -0.4 is 5.32 Å². The second-order valence-corrected chi connectivity index (χ2v) is 4.46. The largest absolute Gasteiger partial charge is 0.371 e. The van der Waals surface area contributed by atoms with Crippen molar-refractivity contribution in [2.75, 3.05) is 6.54 Å². The van der Waals surface area contributed by atoms with Gasteiger partial charge in [0.25, 0.3) is 0 Å². The second kappa shape index (κ2) is 5.82. The summed E-state index contributed by atoms with van der Waals surface area (Å²) in [4.78, 5) is 11.4. The van der Waals surface area contributed by atoms with E-state index in [4.69, 9.17) is 4.74 Å². The quantitative estimate of drug-likeness (QED) is 0.864. The third-order valence-corrected chi connectivity index (χ3v) is 3.04. The van der Waals surface area contributed by atoms with Gasteiger partial charge < -0.3 is 10.1 Å². The van der Waals surface area contributed by atoms with E-state index in [1.165, 1.54) is 11.1 Å². The van der Waals surface area contributed by atoms with Crippen molar-refractivity contribution < 1.29 is 9.53 Å². The van der Waals surface area contributed by atoms with Crippen molar-refractivity contribution in [2.24, 2.45) is 0 Å². The third-order valence-electron chi connectivity index (χ3n) is 3.04. The zero-order valence-corrected chi connectivity index (χ0v) is 10.2. The Labute approximate surface area is 102 Å². The lowest BCUT2D eigenvalue weighted by Gasteiger charge is -2.25. The topological polar surface area (TPSA) is 38.3 Å². The highest BCUT2D eigenvalue weighted by atomic mass is 16.5. The monoisotopic (exact) mass is 233 g/mol. The van der Waals surface area contributed by atoms with Crippen molar-refractivity contribution in [1.82, 2.24) is 5.32 Å². The zero-order chi connectivity index (χ0) is 12.1. The predicted octanol–water partition coefficient (Wildman–Crippen LogP) is 2.04. The third kappa shape index (κ3) is 3.30. The Balaban J connectivity index is 1.84. The Morgan fingerprint density at radius 2 is 2.18 bits per heavy atom. The molecule has 1 atom stereocenters. The van der Waals surface area contributed by atoms with Gasteiger partial charge >= 0.3 is 0 Å². The molecule has 2 rings (SSSR count). The molecular weight excluding hydrogens is 214 g/mol. The summed E-state index contributed by atoms with van der Waals surface area (Å²) in [5.74, 6) is 0.120. The number of fused-ring (bicyclic) bond motifs is 1.